The van der Waals surface area contributed by atoms with E-state index in [0.29, 0.717) is 11.3 Å². The van der Waals surface area contributed by atoms with Gasteiger partial charge in [-0.3, -0.25) is 9.36 Å². The second-order valence-corrected chi connectivity index (χ2v) is 6.30. The minimum Gasteiger partial charge on any atom is -0.477 e. The maximum absolute atomic E-state index is 12.4. The highest BCUT2D eigenvalue weighted by Gasteiger charge is 2.35. The van der Waals surface area contributed by atoms with Crippen LogP contribution < -0.4 is 5.56 Å². The first-order chi connectivity index (χ1) is 11.5. The SMILES string of the molecule is Cc1ccn(-c2ccc(C3(C#N)CCCC3)cc2)c(=O)c1C(=O)O. The summed E-state index contributed by atoms with van der Waals surface area (Å²) in [5.74, 6) is -1.22. The molecule has 122 valence electrons. The summed E-state index contributed by atoms with van der Waals surface area (Å²) >= 11 is 0. The zero-order valence-corrected chi connectivity index (χ0v) is 13.5. The van der Waals surface area contributed by atoms with Gasteiger partial charge in [0.2, 0.25) is 0 Å². The summed E-state index contributed by atoms with van der Waals surface area (Å²) in [7, 11) is 0. The highest BCUT2D eigenvalue weighted by molar-refractivity contribution is 5.88. The average Bonchev–Trinajstić information content (AvgIpc) is 3.05. The Morgan fingerprint density at radius 1 is 1.21 bits per heavy atom. The fourth-order valence-electron chi connectivity index (χ4n) is 3.47. The van der Waals surface area contributed by atoms with Crippen LogP contribution in [0.5, 0.6) is 0 Å². The highest BCUT2D eigenvalue weighted by Crippen LogP contribution is 2.40. The molecule has 1 aromatic carbocycles. The van der Waals surface area contributed by atoms with Crippen LogP contribution in [0, 0.1) is 18.3 Å². The van der Waals surface area contributed by atoms with Gasteiger partial charge in [0, 0.05) is 11.9 Å². The predicted molar refractivity (Wildman–Crippen MR) is 89.5 cm³/mol. The van der Waals surface area contributed by atoms with Crippen LogP contribution in [0.15, 0.2) is 41.3 Å². The molecule has 0 saturated heterocycles. The Kier molecular flexibility index (Phi) is 3.98. The van der Waals surface area contributed by atoms with Crippen LogP contribution in [0.4, 0.5) is 0 Å². The van der Waals surface area contributed by atoms with Crippen LogP contribution in [-0.2, 0) is 5.41 Å². The molecule has 0 amide bonds. The molecule has 1 aliphatic carbocycles. The molecule has 0 aliphatic heterocycles. The number of rotatable bonds is 3. The minimum absolute atomic E-state index is 0.217. The molecule has 1 heterocycles. The molecule has 3 rings (SSSR count). The topological polar surface area (TPSA) is 83.1 Å². The van der Waals surface area contributed by atoms with Crippen molar-refractivity contribution < 1.29 is 9.90 Å². The Balaban J connectivity index is 2.04. The number of benzene rings is 1. The standard InChI is InChI=1S/C19H18N2O3/c1-13-8-11-21(17(22)16(13)18(23)24)15-6-4-14(5-7-15)19(12-20)9-2-3-10-19/h4-8,11H,2-3,9-10H2,1H3,(H,23,24). The lowest BCUT2D eigenvalue weighted by molar-refractivity contribution is 0.0693. The van der Waals surface area contributed by atoms with Crippen LogP contribution >= 0.6 is 0 Å². The second kappa shape index (κ2) is 5.97. The van der Waals surface area contributed by atoms with Crippen molar-refractivity contribution in [2.45, 2.75) is 38.0 Å². The summed E-state index contributed by atoms with van der Waals surface area (Å²) in [6, 6.07) is 11.4. The number of aromatic carboxylic acids is 1. The number of hydrogen-bond donors (Lipinski definition) is 1. The summed E-state index contributed by atoms with van der Waals surface area (Å²) < 4.78 is 1.33. The van der Waals surface area contributed by atoms with Crippen LogP contribution in [-0.4, -0.2) is 15.6 Å². The van der Waals surface area contributed by atoms with Crippen molar-refractivity contribution in [1.29, 1.82) is 5.26 Å². The van der Waals surface area contributed by atoms with E-state index >= 15 is 0 Å². The van der Waals surface area contributed by atoms with Gasteiger partial charge in [0.1, 0.15) is 5.56 Å². The van der Waals surface area contributed by atoms with E-state index in [1.165, 1.54) is 4.57 Å². The van der Waals surface area contributed by atoms with Crippen LogP contribution in [0.3, 0.4) is 0 Å². The lowest BCUT2D eigenvalue weighted by atomic mass is 9.80. The van der Waals surface area contributed by atoms with E-state index in [4.69, 9.17) is 0 Å². The van der Waals surface area contributed by atoms with Gasteiger partial charge in [-0.25, -0.2) is 4.79 Å². The van der Waals surface area contributed by atoms with Crippen molar-refractivity contribution in [3.05, 3.63) is 63.6 Å². The largest absolute Gasteiger partial charge is 0.477 e. The van der Waals surface area contributed by atoms with Crippen molar-refractivity contribution >= 4 is 5.97 Å². The zero-order chi connectivity index (χ0) is 17.3. The molecular weight excluding hydrogens is 304 g/mol. The minimum atomic E-state index is -1.22. The molecule has 0 spiro atoms. The Morgan fingerprint density at radius 3 is 2.38 bits per heavy atom. The van der Waals surface area contributed by atoms with E-state index in [2.05, 4.69) is 6.07 Å². The maximum atomic E-state index is 12.4. The number of nitrogens with zero attached hydrogens (tertiary/aromatic N) is 2. The maximum Gasteiger partial charge on any atom is 0.341 e. The molecule has 0 radical (unpaired) electrons. The Bertz CT molecular complexity index is 882. The summed E-state index contributed by atoms with van der Waals surface area (Å²) in [5.41, 5.74) is 0.803. The van der Waals surface area contributed by atoms with Gasteiger partial charge in [0.25, 0.3) is 5.56 Å². The number of hydrogen-bond acceptors (Lipinski definition) is 3. The van der Waals surface area contributed by atoms with Gasteiger partial charge in [-0.1, -0.05) is 25.0 Å². The quantitative estimate of drug-likeness (QED) is 0.940. The summed E-state index contributed by atoms with van der Waals surface area (Å²) in [4.78, 5) is 23.7. The molecule has 1 aromatic heterocycles. The number of carboxylic acids is 1. The van der Waals surface area contributed by atoms with E-state index in [9.17, 15) is 20.0 Å². The first-order valence-corrected chi connectivity index (χ1v) is 7.96. The normalized spacial score (nSPS) is 15.8. The highest BCUT2D eigenvalue weighted by atomic mass is 16.4. The molecule has 0 bridgehead atoms. The molecule has 0 unspecified atom stereocenters. The molecule has 2 aromatic rings. The monoisotopic (exact) mass is 322 g/mol. The van der Waals surface area contributed by atoms with Crippen molar-refractivity contribution in [1.82, 2.24) is 4.57 Å². The number of aryl methyl sites for hydroxylation is 1. The van der Waals surface area contributed by atoms with E-state index in [0.717, 1.165) is 31.2 Å². The average molecular weight is 322 g/mol. The third-order valence-electron chi connectivity index (χ3n) is 4.88. The van der Waals surface area contributed by atoms with E-state index in [-0.39, 0.29) is 5.56 Å². The molecule has 0 atom stereocenters. The smallest absolute Gasteiger partial charge is 0.341 e. The summed E-state index contributed by atoms with van der Waals surface area (Å²) in [6.07, 6.45) is 5.39. The number of pyridine rings is 1. The molecule has 1 N–H and O–H groups in total. The van der Waals surface area contributed by atoms with Gasteiger partial charge in [-0.2, -0.15) is 5.26 Å². The number of aromatic nitrogens is 1. The summed E-state index contributed by atoms with van der Waals surface area (Å²) in [5, 5.41) is 18.8. The molecule has 24 heavy (non-hydrogen) atoms. The first kappa shape index (κ1) is 16.0. The third-order valence-corrected chi connectivity index (χ3v) is 4.88. The van der Waals surface area contributed by atoms with Crippen molar-refractivity contribution in [3.63, 3.8) is 0 Å². The third kappa shape index (κ3) is 2.50. The first-order valence-electron chi connectivity index (χ1n) is 7.96. The molecular formula is C19H18N2O3. The fraction of sp³-hybridized carbons (Fsp3) is 0.316. The van der Waals surface area contributed by atoms with Gasteiger partial charge in [0.05, 0.1) is 11.5 Å². The van der Waals surface area contributed by atoms with Crippen molar-refractivity contribution in [2.75, 3.05) is 0 Å². The van der Waals surface area contributed by atoms with E-state index in [1.54, 1.807) is 31.3 Å². The Labute approximate surface area is 139 Å². The lowest BCUT2D eigenvalue weighted by Gasteiger charge is -2.21. The van der Waals surface area contributed by atoms with Gasteiger partial charge in [-0.05, 0) is 49.1 Å². The van der Waals surface area contributed by atoms with Crippen molar-refractivity contribution in [2.24, 2.45) is 0 Å². The van der Waals surface area contributed by atoms with Crippen LogP contribution in [0.2, 0.25) is 0 Å². The van der Waals surface area contributed by atoms with Gasteiger partial charge in [-0.15, -0.1) is 0 Å². The van der Waals surface area contributed by atoms with Crippen LogP contribution in [0.25, 0.3) is 5.69 Å². The van der Waals surface area contributed by atoms with Gasteiger partial charge < -0.3 is 5.11 Å². The van der Waals surface area contributed by atoms with E-state index in [1.807, 2.05) is 12.1 Å². The molecule has 5 nitrogen and oxygen atoms in total. The van der Waals surface area contributed by atoms with Gasteiger partial charge >= 0.3 is 5.97 Å². The number of nitriles is 1. The predicted octanol–water partition coefficient (Wildman–Crippen LogP) is 3.18. The summed E-state index contributed by atoms with van der Waals surface area (Å²) in [6.45, 7) is 1.61. The Morgan fingerprint density at radius 2 is 1.83 bits per heavy atom. The molecule has 1 saturated carbocycles. The Hall–Kier alpha value is -2.87. The number of carbonyl (C=O) groups is 1. The van der Waals surface area contributed by atoms with Gasteiger partial charge in [0.15, 0.2) is 0 Å². The molecule has 1 fully saturated rings. The number of carboxylic acid groups (broad SMARTS) is 1. The van der Waals surface area contributed by atoms with E-state index < -0.39 is 16.9 Å². The second-order valence-electron chi connectivity index (χ2n) is 6.30. The fourth-order valence-corrected chi connectivity index (χ4v) is 3.47. The van der Waals surface area contributed by atoms with Crippen LogP contribution in [0.1, 0.15) is 47.2 Å². The molecule has 5 heteroatoms. The lowest BCUT2D eigenvalue weighted by Crippen LogP contribution is -2.26. The van der Waals surface area contributed by atoms with Crippen molar-refractivity contribution in [3.8, 4) is 11.8 Å². The molecule has 1 aliphatic rings. The zero-order valence-electron chi connectivity index (χ0n) is 13.5.